The Kier molecular flexibility index (Phi) is 5.21. The van der Waals surface area contributed by atoms with E-state index >= 15 is 0 Å². The summed E-state index contributed by atoms with van der Waals surface area (Å²) < 4.78 is 41.9. The fourth-order valence-electron chi connectivity index (χ4n) is 1.97. The molecule has 1 aliphatic heterocycles. The molecule has 104 valence electrons. The Hall–Kier alpha value is -1.08. The van der Waals surface area contributed by atoms with Crippen LogP contribution in [0, 0.1) is 5.82 Å². The number of ether oxygens (including phenoxy) is 1. The van der Waals surface area contributed by atoms with Gasteiger partial charge < -0.3 is 9.29 Å². The molecular weight excluding hydrogens is 269 g/mol. The van der Waals surface area contributed by atoms with Crippen molar-refractivity contribution in [2.75, 3.05) is 13.2 Å². The summed E-state index contributed by atoms with van der Waals surface area (Å²) in [6, 6.07) is 4.90. The van der Waals surface area contributed by atoms with Crippen molar-refractivity contribution in [3.05, 3.63) is 46.8 Å². The molecule has 0 aliphatic carbocycles. The number of hydrogen-bond acceptors (Lipinski definition) is 3. The van der Waals surface area contributed by atoms with Gasteiger partial charge in [-0.15, -0.1) is 0 Å². The highest BCUT2D eigenvalue weighted by Crippen LogP contribution is 2.17. The second-order valence-electron chi connectivity index (χ2n) is 4.35. The maximum Gasteiger partial charge on any atom is 0.128 e. The van der Waals surface area contributed by atoms with E-state index in [2.05, 4.69) is 4.72 Å². The Morgan fingerprint density at radius 1 is 1.47 bits per heavy atom. The largest absolute Gasteiger partial charge is 0.760 e. The van der Waals surface area contributed by atoms with Gasteiger partial charge in [0, 0.05) is 23.4 Å². The number of benzene rings is 1. The SMILES string of the molecule is O=S([O-])NCc1ccc(CC2=CCOCC2)cc1F. The van der Waals surface area contributed by atoms with E-state index in [9.17, 15) is 13.2 Å². The van der Waals surface area contributed by atoms with Gasteiger partial charge in [-0.25, -0.2) is 9.11 Å². The average molecular weight is 284 g/mol. The highest BCUT2D eigenvalue weighted by molar-refractivity contribution is 7.77. The molecule has 0 radical (unpaired) electrons. The standard InChI is InChI=1S/C13H16FNO3S/c14-13-8-11(7-10-3-5-18-6-4-10)1-2-12(13)9-15-19(16)17/h1-3,8,15H,4-7,9H2,(H,16,17)/p-1. The fraction of sp³-hybridized carbons (Fsp3) is 0.385. The lowest BCUT2D eigenvalue weighted by Gasteiger charge is -2.14. The van der Waals surface area contributed by atoms with E-state index in [0.717, 1.165) is 12.0 Å². The van der Waals surface area contributed by atoms with Crippen molar-refractivity contribution in [2.24, 2.45) is 0 Å². The van der Waals surface area contributed by atoms with Gasteiger partial charge in [0.05, 0.1) is 13.2 Å². The van der Waals surface area contributed by atoms with Crippen LogP contribution >= 0.6 is 0 Å². The van der Waals surface area contributed by atoms with Crippen LogP contribution in [0.5, 0.6) is 0 Å². The topological polar surface area (TPSA) is 61.4 Å². The molecule has 1 unspecified atom stereocenters. The van der Waals surface area contributed by atoms with Crippen LogP contribution in [-0.4, -0.2) is 22.0 Å². The zero-order chi connectivity index (χ0) is 13.7. The lowest BCUT2D eigenvalue weighted by molar-refractivity contribution is 0.154. The van der Waals surface area contributed by atoms with Crippen LogP contribution < -0.4 is 4.72 Å². The molecule has 0 saturated carbocycles. The zero-order valence-electron chi connectivity index (χ0n) is 10.4. The van der Waals surface area contributed by atoms with Gasteiger partial charge in [-0.2, -0.15) is 0 Å². The van der Waals surface area contributed by atoms with Gasteiger partial charge in [-0.3, -0.25) is 4.21 Å². The Bertz CT molecular complexity index is 505. The average Bonchev–Trinajstić information content (AvgIpc) is 2.39. The number of rotatable bonds is 5. The van der Waals surface area contributed by atoms with Crippen molar-refractivity contribution in [1.29, 1.82) is 0 Å². The van der Waals surface area contributed by atoms with Crippen molar-refractivity contribution in [3.8, 4) is 0 Å². The monoisotopic (exact) mass is 284 g/mol. The Labute approximate surface area is 114 Å². The van der Waals surface area contributed by atoms with Crippen LogP contribution in [0.1, 0.15) is 17.5 Å². The molecule has 1 aliphatic rings. The van der Waals surface area contributed by atoms with Crippen molar-refractivity contribution in [1.82, 2.24) is 4.72 Å². The summed E-state index contributed by atoms with van der Waals surface area (Å²) in [5.74, 6) is -0.386. The second kappa shape index (κ2) is 6.91. The molecule has 0 amide bonds. The fourth-order valence-corrected chi connectivity index (χ4v) is 2.24. The van der Waals surface area contributed by atoms with Crippen LogP contribution in [0.3, 0.4) is 0 Å². The lowest BCUT2D eigenvalue weighted by Crippen LogP contribution is -2.16. The summed E-state index contributed by atoms with van der Waals surface area (Å²) in [4.78, 5) is 0. The minimum atomic E-state index is -2.37. The van der Waals surface area contributed by atoms with E-state index in [0.29, 0.717) is 25.2 Å². The predicted molar refractivity (Wildman–Crippen MR) is 69.4 cm³/mol. The Morgan fingerprint density at radius 2 is 2.32 bits per heavy atom. The second-order valence-corrected chi connectivity index (χ2v) is 5.10. The molecular formula is C13H15FNO3S-. The summed E-state index contributed by atoms with van der Waals surface area (Å²) >= 11 is -2.37. The quantitative estimate of drug-likeness (QED) is 0.660. The van der Waals surface area contributed by atoms with E-state index in [-0.39, 0.29) is 12.4 Å². The van der Waals surface area contributed by atoms with Gasteiger partial charge >= 0.3 is 0 Å². The van der Waals surface area contributed by atoms with Gasteiger partial charge in [0.2, 0.25) is 0 Å². The summed E-state index contributed by atoms with van der Waals surface area (Å²) in [5, 5.41) is 0. The van der Waals surface area contributed by atoms with Gasteiger partial charge in [-0.05, 0) is 24.5 Å². The van der Waals surface area contributed by atoms with Gasteiger partial charge in [-0.1, -0.05) is 23.8 Å². The van der Waals surface area contributed by atoms with Crippen LogP contribution in [-0.2, 0) is 29.0 Å². The third-order valence-corrected chi connectivity index (χ3v) is 3.37. The predicted octanol–water partition coefficient (Wildman–Crippen LogP) is 1.60. The summed E-state index contributed by atoms with van der Waals surface area (Å²) in [5.41, 5.74) is 2.48. The molecule has 19 heavy (non-hydrogen) atoms. The third kappa shape index (κ3) is 4.50. The molecule has 1 aromatic rings. The lowest BCUT2D eigenvalue weighted by atomic mass is 10.0. The molecule has 4 nitrogen and oxygen atoms in total. The molecule has 0 aromatic heterocycles. The van der Waals surface area contributed by atoms with Crippen molar-refractivity contribution in [3.63, 3.8) is 0 Å². The first-order valence-electron chi connectivity index (χ1n) is 6.01. The maximum atomic E-state index is 13.8. The van der Waals surface area contributed by atoms with E-state index in [1.807, 2.05) is 12.1 Å². The first-order chi connectivity index (χ1) is 9.15. The smallest absolute Gasteiger partial charge is 0.128 e. The highest BCUT2D eigenvalue weighted by atomic mass is 32.2. The Balaban J connectivity index is 2.01. The van der Waals surface area contributed by atoms with Gasteiger partial charge in [0.1, 0.15) is 5.82 Å². The maximum absolute atomic E-state index is 13.8. The van der Waals surface area contributed by atoms with E-state index in [1.54, 1.807) is 6.07 Å². The highest BCUT2D eigenvalue weighted by Gasteiger charge is 2.07. The molecule has 0 fully saturated rings. The molecule has 2 rings (SSSR count). The van der Waals surface area contributed by atoms with Gasteiger partial charge in [0.15, 0.2) is 0 Å². The minimum Gasteiger partial charge on any atom is -0.760 e. The summed E-state index contributed by atoms with van der Waals surface area (Å²) in [6.07, 6.45) is 3.61. The number of halogens is 1. The van der Waals surface area contributed by atoms with Gasteiger partial charge in [0.25, 0.3) is 0 Å². The molecule has 0 bridgehead atoms. The first kappa shape index (κ1) is 14.3. The molecule has 6 heteroatoms. The van der Waals surface area contributed by atoms with E-state index in [1.165, 1.54) is 11.6 Å². The molecule has 0 spiro atoms. The molecule has 1 N–H and O–H groups in total. The molecule has 1 heterocycles. The van der Waals surface area contributed by atoms with Crippen molar-refractivity contribution in [2.45, 2.75) is 19.4 Å². The molecule has 1 aromatic carbocycles. The van der Waals surface area contributed by atoms with Crippen LogP contribution in [0.2, 0.25) is 0 Å². The number of hydrogen-bond donors (Lipinski definition) is 1. The van der Waals surface area contributed by atoms with Crippen molar-refractivity contribution < 1.29 is 17.9 Å². The van der Waals surface area contributed by atoms with Crippen LogP contribution in [0.25, 0.3) is 0 Å². The summed E-state index contributed by atoms with van der Waals surface area (Å²) in [6.45, 7) is 1.31. The summed E-state index contributed by atoms with van der Waals surface area (Å²) in [7, 11) is 0. The van der Waals surface area contributed by atoms with Crippen molar-refractivity contribution >= 4 is 11.3 Å². The van der Waals surface area contributed by atoms with Crippen LogP contribution in [0.15, 0.2) is 29.8 Å². The zero-order valence-corrected chi connectivity index (χ0v) is 11.2. The minimum absolute atomic E-state index is 0.0290. The first-order valence-corrected chi connectivity index (χ1v) is 7.08. The van der Waals surface area contributed by atoms with Crippen LogP contribution in [0.4, 0.5) is 4.39 Å². The molecule has 0 saturated heterocycles. The van der Waals surface area contributed by atoms with E-state index < -0.39 is 11.3 Å². The van der Waals surface area contributed by atoms with E-state index in [4.69, 9.17) is 4.74 Å². The normalized spacial score (nSPS) is 17.1. The third-order valence-electron chi connectivity index (χ3n) is 2.99. The Morgan fingerprint density at radius 3 is 2.95 bits per heavy atom. The number of nitrogens with one attached hydrogen (secondary N) is 1. The molecule has 1 atom stereocenters.